The maximum absolute atomic E-state index is 12.6. The van der Waals surface area contributed by atoms with Crippen molar-refractivity contribution in [2.75, 3.05) is 0 Å². The van der Waals surface area contributed by atoms with Crippen LogP contribution in [0.15, 0.2) is 48.5 Å². The second-order valence-corrected chi connectivity index (χ2v) is 7.15. The average molecular weight is 395 g/mol. The van der Waals surface area contributed by atoms with E-state index in [9.17, 15) is 14.7 Å². The molecule has 0 radical (unpaired) electrons. The lowest BCUT2D eigenvalue weighted by atomic mass is 10.0. The number of benzene rings is 1. The lowest BCUT2D eigenvalue weighted by molar-refractivity contribution is 0.0697. The van der Waals surface area contributed by atoms with Crippen molar-refractivity contribution in [3.05, 3.63) is 71.1 Å². The van der Waals surface area contributed by atoms with Gasteiger partial charge in [0.2, 0.25) is 5.78 Å². The number of nitrogens with zero attached hydrogens (tertiary/aromatic N) is 1. The van der Waals surface area contributed by atoms with Crippen LogP contribution >= 0.6 is 0 Å². The molecular weight excluding hydrogens is 366 g/mol. The third kappa shape index (κ3) is 7.62. The van der Waals surface area contributed by atoms with Crippen molar-refractivity contribution in [2.45, 2.75) is 58.0 Å². The van der Waals surface area contributed by atoms with Crippen LogP contribution in [-0.2, 0) is 0 Å². The molecule has 1 heterocycles. The fourth-order valence-corrected chi connectivity index (χ4v) is 3.05. The number of rotatable bonds is 12. The van der Waals surface area contributed by atoms with Gasteiger partial charge in [0.15, 0.2) is 0 Å². The van der Waals surface area contributed by atoms with Crippen LogP contribution in [0.3, 0.4) is 0 Å². The molecule has 2 rings (SSSR count). The van der Waals surface area contributed by atoms with E-state index in [1.54, 1.807) is 42.5 Å². The Morgan fingerprint density at radius 2 is 1.69 bits per heavy atom. The molecular formula is C24H29NO4. The summed E-state index contributed by atoms with van der Waals surface area (Å²) in [7, 11) is 0. The summed E-state index contributed by atoms with van der Waals surface area (Å²) in [5, 5.41) is 19.2. The van der Waals surface area contributed by atoms with Crippen LogP contribution in [0.1, 0.15) is 84.0 Å². The van der Waals surface area contributed by atoms with E-state index in [-0.39, 0.29) is 22.6 Å². The van der Waals surface area contributed by atoms with Gasteiger partial charge in [0.1, 0.15) is 5.69 Å². The summed E-state index contributed by atoms with van der Waals surface area (Å²) >= 11 is 0. The van der Waals surface area contributed by atoms with Gasteiger partial charge in [0.05, 0.1) is 17.4 Å². The van der Waals surface area contributed by atoms with Gasteiger partial charge in [0, 0.05) is 5.56 Å². The number of hydrogen-bond donors (Lipinski definition) is 2. The molecule has 0 fully saturated rings. The molecule has 0 aliphatic rings. The largest absolute Gasteiger partial charge is 0.478 e. The number of aromatic carboxylic acids is 1. The third-order valence-corrected chi connectivity index (χ3v) is 4.72. The van der Waals surface area contributed by atoms with E-state index in [0.29, 0.717) is 12.1 Å². The monoisotopic (exact) mass is 395 g/mol. The molecule has 5 nitrogen and oxygen atoms in total. The fourth-order valence-electron chi connectivity index (χ4n) is 3.05. The van der Waals surface area contributed by atoms with Gasteiger partial charge in [0.25, 0.3) is 0 Å². The molecule has 1 unspecified atom stereocenters. The molecule has 0 saturated heterocycles. The second-order valence-electron chi connectivity index (χ2n) is 7.15. The van der Waals surface area contributed by atoms with Crippen LogP contribution in [0.2, 0.25) is 0 Å². The van der Waals surface area contributed by atoms with Gasteiger partial charge < -0.3 is 10.2 Å². The van der Waals surface area contributed by atoms with Crippen LogP contribution < -0.4 is 0 Å². The molecule has 29 heavy (non-hydrogen) atoms. The predicted octanol–water partition coefficient (Wildman–Crippen LogP) is 5.14. The minimum atomic E-state index is -1.08. The predicted molar refractivity (Wildman–Crippen MR) is 114 cm³/mol. The minimum Gasteiger partial charge on any atom is -0.478 e. The van der Waals surface area contributed by atoms with Gasteiger partial charge in [-0.2, -0.15) is 0 Å². The zero-order valence-electron chi connectivity index (χ0n) is 16.9. The first kappa shape index (κ1) is 22.5. The van der Waals surface area contributed by atoms with Crippen molar-refractivity contribution in [3.8, 4) is 0 Å². The maximum atomic E-state index is 12.6. The van der Waals surface area contributed by atoms with E-state index < -0.39 is 12.1 Å². The second kappa shape index (κ2) is 11.9. The summed E-state index contributed by atoms with van der Waals surface area (Å²) in [5.41, 5.74) is 1.15. The van der Waals surface area contributed by atoms with Crippen LogP contribution in [0, 0.1) is 0 Å². The zero-order valence-corrected chi connectivity index (χ0v) is 16.9. The summed E-state index contributed by atoms with van der Waals surface area (Å²) in [6.07, 6.45) is 10.7. The van der Waals surface area contributed by atoms with Gasteiger partial charge in [-0.1, -0.05) is 69.7 Å². The quantitative estimate of drug-likeness (QED) is 0.384. The van der Waals surface area contributed by atoms with Crippen LogP contribution in [0.4, 0.5) is 0 Å². The molecule has 2 N–H and O–H groups in total. The van der Waals surface area contributed by atoms with E-state index >= 15 is 0 Å². The van der Waals surface area contributed by atoms with Gasteiger partial charge in [-0.05, 0) is 36.8 Å². The van der Waals surface area contributed by atoms with Gasteiger partial charge >= 0.3 is 5.97 Å². The number of carbonyl (C=O) groups excluding carboxylic acids is 1. The highest BCUT2D eigenvalue weighted by molar-refractivity contribution is 6.08. The average Bonchev–Trinajstić information content (AvgIpc) is 2.74. The Balaban J connectivity index is 1.95. The first-order chi connectivity index (χ1) is 14.0. The number of pyridine rings is 1. The van der Waals surface area contributed by atoms with E-state index in [2.05, 4.69) is 11.9 Å². The topological polar surface area (TPSA) is 87.5 Å². The fraction of sp³-hybridized carbons (Fsp3) is 0.375. The molecule has 2 aromatic rings. The van der Waals surface area contributed by atoms with Crippen molar-refractivity contribution >= 4 is 17.8 Å². The standard InChI is InChI=1S/C24H29NO4/c1-2-3-4-5-6-7-13-21(26)16-15-20-12-9-14-22(25-20)23(27)18-10-8-11-19(17-18)24(28)29/h8-12,14-17,21,26H,2-7,13H2,1H3,(H,28,29)/b16-15+. The first-order valence-electron chi connectivity index (χ1n) is 10.2. The molecule has 154 valence electrons. The highest BCUT2D eigenvalue weighted by Crippen LogP contribution is 2.13. The molecule has 5 heteroatoms. The molecule has 0 spiro atoms. The summed E-state index contributed by atoms with van der Waals surface area (Å²) in [6, 6.07) is 11.0. The lowest BCUT2D eigenvalue weighted by Crippen LogP contribution is -2.07. The number of aromatic nitrogens is 1. The Labute approximate surface area is 172 Å². The number of ketones is 1. The van der Waals surface area contributed by atoms with Crippen molar-refractivity contribution < 1.29 is 19.8 Å². The van der Waals surface area contributed by atoms with E-state index in [4.69, 9.17) is 5.11 Å². The summed E-state index contributed by atoms with van der Waals surface area (Å²) in [5.74, 6) is -1.42. The number of carbonyl (C=O) groups is 2. The molecule has 1 aromatic heterocycles. The van der Waals surface area contributed by atoms with E-state index in [1.807, 2.05) is 0 Å². The highest BCUT2D eigenvalue weighted by atomic mass is 16.4. The Morgan fingerprint density at radius 3 is 2.45 bits per heavy atom. The van der Waals surface area contributed by atoms with Gasteiger partial charge in [-0.25, -0.2) is 9.78 Å². The first-order valence-corrected chi connectivity index (χ1v) is 10.2. The van der Waals surface area contributed by atoms with Crippen molar-refractivity contribution in [2.24, 2.45) is 0 Å². The van der Waals surface area contributed by atoms with Crippen LogP contribution in [0.25, 0.3) is 6.08 Å². The lowest BCUT2D eigenvalue weighted by Gasteiger charge is -2.06. The summed E-state index contributed by atoms with van der Waals surface area (Å²) in [6.45, 7) is 2.19. The third-order valence-electron chi connectivity index (χ3n) is 4.72. The number of unbranched alkanes of at least 4 members (excludes halogenated alkanes) is 5. The SMILES string of the molecule is CCCCCCCCC(O)/C=C/c1cccc(C(=O)c2cccc(C(=O)O)c2)n1. The molecule has 0 amide bonds. The molecule has 1 atom stereocenters. The Bertz CT molecular complexity index is 844. The Morgan fingerprint density at radius 1 is 1.00 bits per heavy atom. The number of carboxylic acids is 1. The van der Waals surface area contributed by atoms with Crippen molar-refractivity contribution in [1.82, 2.24) is 4.98 Å². The van der Waals surface area contributed by atoms with Gasteiger partial charge in [-0.3, -0.25) is 4.79 Å². The number of aliphatic hydroxyl groups is 1. The number of carboxylic acid groups (broad SMARTS) is 1. The molecule has 0 aliphatic heterocycles. The molecule has 0 bridgehead atoms. The van der Waals surface area contributed by atoms with Gasteiger partial charge in [-0.15, -0.1) is 0 Å². The Kier molecular flexibility index (Phi) is 9.25. The van der Waals surface area contributed by atoms with Crippen molar-refractivity contribution in [3.63, 3.8) is 0 Å². The summed E-state index contributed by atoms with van der Waals surface area (Å²) in [4.78, 5) is 28.1. The minimum absolute atomic E-state index is 0.0599. The summed E-state index contributed by atoms with van der Waals surface area (Å²) < 4.78 is 0. The molecule has 1 aromatic carbocycles. The van der Waals surface area contributed by atoms with Crippen molar-refractivity contribution in [1.29, 1.82) is 0 Å². The molecule has 0 aliphatic carbocycles. The molecule has 0 saturated carbocycles. The number of hydrogen-bond acceptors (Lipinski definition) is 4. The zero-order chi connectivity index (χ0) is 21.1. The number of aliphatic hydroxyl groups excluding tert-OH is 1. The highest BCUT2D eigenvalue weighted by Gasteiger charge is 2.13. The van der Waals surface area contributed by atoms with Crippen LogP contribution in [-0.4, -0.2) is 33.1 Å². The van der Waals surface area contributed by atoms with E-state index in [0.717, 1.165) is 12.8 Å². The smallest absolute Gasteiger partial charge is 0.335 e. The van der Waals surface area contributed by atoms with E-state index in [1.165, 1.54) is 37.8 Å². The normalized spacial score (nSPS) is 12.2. The Hall–Kier alpha value is -2.79. The maximum Gasteiger partial charge on any atom is 0.335 e. The van der Waals surface area contributed by atoms with Crippen LogP contribution in [0.5, 0.6) is 0 Å².